The fraction of sp³-hybridized carbons (Fsp3) is 0.571. The van der Waals surface area contributed by atoms with Gasteiger partial charge in [0.2, 0.25) is 0 Å². The molecule has 2 N–H and O–H groups in total. The van der Waals surface area contributed by atoms with Gasteiger partial charge >= 0.3 is 0 Å². The first-order valence-corrected chi connectivity index (χ1v) is 5.75. The summed E-state index contributed by atoms with van der Waals surface area (Å²) in [6.07, 6.45) is 2.30. The van der Waals surface area contributed by atoms with E-state index < -0.39 is 0 Å². The molecule has 1 aromatic carbocycles. The highest BCUT2D eigenvalue weighted by molar-refractivity contribution is 5.15. The molecule has 0 aromatic heterocycles. The van der Waals surface area contributed by atoms with Crippen LogP contribution in [-0.2, 0) is 6.42 Å². The van der Waals surface area contributed by atoms with E-state index >= 15 is 0 Å². The molecule has 1 aromatic rings. The van der Waals surface area contributed by atoms with Crippen LogP contribution in [0.25, 0.3) is 0 Å². The van der Waals surface area contributed by atoms with Crippen molar-refractivity contribution in [1.29, 1.82) is 0 Å². The topological polar surface area (TPSA) is 26.0 Å². The fourth-order valence-corrected chi connectivity index (χ4v) is 2.05. The maximum Gasteiger partial charge on any atom is -0.00455 e. The van der Waals surface area contributed by atoms with Gasteiger partial charge in [-0.2, -0.15) is 0 Å². The van der Waals surface area contributed by atoms with Gasteiger partial charge in [0.25, 0.3) is 0 Å². The Bertz CT molecular complexity index is 271. The third-order valence-electron chi connectivity index (χ3n) is 2.60. The Morgan fingerprint density at radius 3 is 2.20 bits per heavy atom. The summed E-state index contributed by atoms with van der Waals surface area (Å²) in [6, 6.07) is 10.6. The molecular formula is C14H23N. The molecule has 0 fully saturated rings. The molecule has 1 nitrogen and oxygen atoms in total. The smallest absolute Gasteiger partial charge is 0.00455 e. The average Bonchev–Trinajstić information content (AvgIpc) is 2.16. The minimum absolute atomic E-state index is 0.374. The monoisotopic (exact) mass is 205 g/mol. The fourth-order valence-electron chi connectivity index (χ4n) is 2.05. The molecular weight excluding hydrogens is 182 g/mol. The van der Waals surface area contributed by atoms with Gasteiger partial charge in [-0.3, -0.25) is 0 Å². The van der Waals surface area contributed by atoms with E-state index in [2.05, 4.69) is 51.1 Å². The quantitative estimate of drug-likeness (QED) is 0.802. The van der Waals surface area contributed by atoms with Gasteiger partial charge in [0.1, 0.15) is 0 Å². The molecule has 0 bridgehead atoms. The lowest BCUT2D eigenvalue weighted by Gasteiger charge is -2.25. The third kappa shape index (κ3) is 4.98. The molecule has 0 heterocycles. The van der Waals surface area contributed by atoms with Gasteiger partial charge in [-0.25, -0.2) is 0 Å². The zero-order valence-corrected chi connectivity index (χ0v) is 10.2. The second kappa shape index (κ2) is 5.32. The highest BCUT2D eigenvalue weighted by Crippen LogP contribution is 2.25. The molecule has 0 aliphatic heterocycles. The predicted octanol–water partition coefficient (Wildman–Crippen LogP) is 3.24. The van der Waals surface area contributed by atoms with Gasteiger partial charge < -0.3 is 5.73 Å². The van der Waals surface area contributed by atoms with Crippen LogP contribution in [0.15, 0.2) is 30.3 Å². The Kier molecular flexibility index (Phi) is 4.34. The molecule has 1 unspecified atom stereocenters. The molecule has 0 saturated carbocycles. The van der Waals surface area contributed by atoms with E-state index in [-0.39, 0.29) is 0 Å². The van der Waals surface area contributed by atoms with Crippen LogP contribution in [0.3, 0.4) is 0 Å². The Morgan fingerprint density at radius 2 is 1.73 bits per heavy atom. The highest BCUT2D eigenvalue weighted by atomic mass is 14.5. The van der Waals surface area contributed by atoms with Crippen molar-refractivity contribution in [1.82, 2.24) is 0 Å². The lowest BCUT2D eigenvalue weighted by atomic mass is 9.82. The molecule has 1 rings (SSSR count). The van der Waals surface area contributed by atoms with E-state index in [0.717, 1.165) is 13.0 Å². The first-order valence-electron chi connectivity index (χ1n) is 5.75. The molecule has 0 aliphatic rings. The van der Waals surface area contributed by atoms with Crippen molar-refractivity contribution < 1.29 is 0 Å². The summed E-state index contributed by atoms with van der Waals surface area (Å²) in [5.41, 5.74) is 7.60. The van der Waals surface area contributed by atoms with Crippen LogP contribution in [0.5, 0.6) is 0 Å². The number of rotatable bonds is 4. The normalized spacial score (nSPS) is 13.9. The van der Waals surface area contributed by atoms with Crippen molar-refractivity contribution in [3.05, 3.63) is 35.9 Å². The second-order valence-electron chi connectivity index (χ2n) is 5.56. The first-order chi connectivity index (χ1) is 7.01. The van der Waals surface area contributed by atoms with E-state index in [4.69, 9.17) is 5.73 Å². The van der Waals surface area contributed by atoms with Crippen molar-refractivity contribution in [3.8, 4) is 0 Å². The van der Waals surface area contributed by atoms with Crippen LogP contribution >= 0.6 is 0 Å². The second-order valence-corrected chi connectivity index (χ2v) is 5.56. The van der Waals surface area contributed by atoms with Gasteiger partial charge in [0, 0.05) is 0 Å². The van der Waals surface area contributed by atoms with Crippen molar-refractivity contribution in [2.24, 2.45) is 17.1 Å². The summed E-state index contributed by atoms with van der Waals surface area (Å²) in [5.74, 6) is 0.604. The van der Waals surface area contributed by atoms with Crippen molar-refractivity contribution in [2.75, 3.05) is 6.54 Å². The molecule has 0 amide bonds. The Morgan fingerprint density at radius 1 is 1.13 bits per heavy atom. The number of nitrogens with two attached hydrogens (primary N) is 1. The van der Waals surface area contributed by atoms with E-state index in [1.54, 1.807) is 0 Å². The van der Waals surface area contributed by atoms with Crippen LogP contribution < -0.4 is 5.73 Å². The van der Waals surface area contributed by atoms with Crippen LogP contribution in [0.4, 0.5) is 0 Å². The van der Waals surface area contributed by atoms with Crippen LogP contribution in [-0.4, -0.2) is 6.54 Å². The maximum atomic E-state index is 5.83. The number of benzene rings is 1. The molecule has 0 saturated heterocycles. The highest BCUT2D eigenvalue weighted by Gasteiger charge is 2.17. The molecule has 1 heteroatoms. The zero-order chi connectivity index (χ0) is 11.3. The minimum Gasteiger partial charge on any atom is -0.330 e. The molecule has 84 valence electrons. The van der Waals surface area contributed by atoms with Gasteiger partial charge in [-0.15, -0.1) is 0 Å². The van der Waals surface area contributed by atoms with Gasteiger partial charge in [0.05, 0.1) is 0 Å². The first kappa shape index (κ1) is 12.3. The Balaban J connectivity index is 2.55. The van der Waals surface area contributed by atoms with E-state index in [0.29, 0.717) is 11.3 Å². The summed E-state index contributed by atoms with van der Waals surface area (Å²) in [5, 5.41) is 0. The maximum absolute atomic E-state index is 5.83. The summed E-state index contributed by atoms with van der Waals surface area (Å²) in [4.78, 5) is 0. The van der Waals surface area contributed by atoms with Gasteiger partial charge in [0.15, 0.2) is 0 Å². The molecule has 0 aliphatic carbocycles. The van der Waals surface area contributed by atoms with Gasteiger partial charge in [-0.05, 0) is 36.3 Å². The molecule has 0 radical (unpaired) electrons. The van der Waals surface area contributed by atoms with E-state index in [1.807, 2.05) is 0 Å². The SMILES string of the molecule is CC(C)(C)CC(CN)Cc1ccccc1. The van der Waals surface area contributed by atoms with Crippen LogP contribution in [0.1, 0.15) is 32.8 Å². The van der Waals surface area contributed by atoms with Crippen molar-refractivity contribution >= 4 is 0 Å². The largest absolute Gasteiger partial charge is 0.330 e. The standard InChI is InChI=1S/C14H23N/c1-14(2,3)10-13(11-15)9-12-7-5-4-6-8-12/h4-8,13H,9-11,15H2,1-3H3. The third-order valence-corrected chi connectivity index (χ3v) is 2.60. The van der Waals surface area contributed by atoms with Crippen LogP contribution in [0, 0.1) is 11.3 Å². The summed E-state index contributed by atoms with van der Waals surface area (Å²) >= 11 is 0. The number of hydrogen-bond donors (Lipinski definition) is 1. The van der Waals surface area contributed by atoms with E-state index in [9.17, 15) is 0 Å². The van der Waals surface area contributed by atoms with Crippen molar-refractivity contribution in [2.45, 2.75) is 33.6 Å². The molecule has 0 spiro atoms. The Labute approximate surface area is 93.7 Å². The Hall–Kier alpha value is -0.820. The zero-order valence-electron chi connectivity index (χ0n) is 10.2. The summed E-state index contributed by atoms with van der Waals surface area (Å²) in [7, 11) is 0. The molecule has 15 heavy (non-hydrogen) atoms. The average molecular weight is 205 g/mol. The number of hydrogen-bond acceptors (Lipinski definition) is 1. The lowest BCUT2D eigenvalue weighted by molar-refractivity contribution is 0.296. The van der Waals surface area contributed by atoms with Crippen LogP contribution in [0.2, 0.25) is 0 Å². The van der Waals surface area contributed by atoms with Crippen molar-refractivity contribution in [3.63, 3.8) is 0 Å². The minimum atomic E-state index is 0.374. The lowest BCUT2D eigenvalue weighted by Crippen LogP contribution is -2.22. The summed E-state index contributed by atoms with van der Waals surface area (Å²) < 4.78 is 0. The van der Waals surface area contributed by atoms with Gasteiger partial charge in [-0.1, -0.05) is 51.1 Å². The molecule has 1 atom stereocenters. The summed E-state index contributed by atoms with van der Waals surface area (Å²) in [6.45, 7) is 7.62. The predicted molar refractivity (Wildman–Crippen MR) is 66.8 cm³/mol. The van der Waals surface area contributed by atoms with E-state index in [1.165, 1.54) is 12.0 Å².